The van der Waals surface area contributed by atoms with Crippen LogP contribution in [-0.2, 0) is 0 Å². The second-order valence-electron chi connectivity index (χ2n) is 5.14. The van der Waals surface area contributed by atoms with Gasteiger partial charge in [-0.1, -0.05) is 43.8 Å². The molecule has 0 spiro atoms. The van der Waals surface area contributed by atoms with Crippen LogP contribution in [0.3, 0.4) is 0 Å². The SMILES string of the molecule is C=C(CNC(C)C)CSc1nc2ccc(C)cc2[nH]1. The third-order valence-electron chi connectivity index (χ3n) is 2.79. The number of imidazole rings is 1. The molecule has 3 nitrogen and oxygen atoms in total. The van der Waals surface area contributed by atoms with Gasteiger partial charge in [0.2, 0.25) is 0 Å². The number of thioether (sulfide) groups is 1. The Hall–Kier alpha value is -1.26. The first-order valence-corrected chi connectivity index (χ1v) is 7.52. The van der Waals surface area contributed by atoms with Gasteiger partial charge in [0.05, 0.1) is 11.0 Å². The van der Waals surface area contributed by atoms with Crippen LogP contribution in [0.15, 0.2) is 35.5 Å². The summed E-state index contributed by atoms with van der Waals surface area (Å²) in [5.74, 6) is 0.887. The lowest BCUT2D eigenvalue weighted by molar-refractivity contribution is 0.623. The van der Waals surface area contributed by atoms with Gasteiger partial charge in [-0.3, -0.25) is 0 Å². The van der Waals surface area contributed by atoms with E-state index in [0.717, 1.165) is 28.5 Å². The Morgan fingerprint density at radius 2 is 2.26 bits per heavy atom. The molecular formula is C15H21N3S. The van der Waals surface area contributed by atoms with Crippen molar-refractivity contribution in [3.8, 4) is 0 Å². The van der Waals surface area contributed by atoms with E-state index in [4.69, 9.17) is 0 Å². The van der Waals surface area contributed by atoms with Crippen molar-refractivity contribution in [2.75, 3.05) is 12.3 Å². The zero-order valence-corrected chi connectivity index (χ0v) is 12.6. The van der Waals surface area contributed by atoms with Crippen molar-refractivity contribution in [2.24, 2.45) is 0 Å². The first-order chi connectivity index (χ1) is 9.04. The highest BCUT2D eigenvalue weighted by molar-refractivity contribution is 7.99. The number of hydrogen-bond donors (Lipinski definition) is 2. The number of nitrogens with one attached hydrogen (secondary N) is 2. The molecule has 0 saturated heterocycles. The van der Waals surface area contributed by atoms with E-state index in [1.807, 2.05) is 0 Å². The fourth-order valence-electron chi connectivity index (χ4n) is 1.74. The molecule has 0 bridgehead atoms. The normalized spacial score (nSPS) is 11.4. The zero-order chi connectivity index (χ0) is 13.8. The summed E-state index contributed by atoms with van der Waals surface area (Å²) in [5, 5.41) is 4.34. The summed E-state index contributed by atoms with van der Waals surface area (Å²) in [7, 11) is 0. The average Bonchev–Trinajstić information content (AvgIpc) is 2.75. The summed E-state index contributed by atoms with van der Waals surface area (Å²) in [5.41, 5.74) is 4.57. The Morgan fingerprint density at radius 1 is 1.47 bits per heavy atom. The van der Waals surface area contributed by atoms with E-state index >= 15 is 0 Å². The Morgan fingerprint density at radius 3 is 3.00 bits per heavy atom. The van der Waals surface area contributed by atoms with Gasteiger partial charge in [0.15, 0.2) is 5.16 Å². The number of aromatic amines is 1. The largest absolute Gasteiger partial charge is 0.333 e. The molecule has 0 aliphatic heterocycles. The van der Waals surface area contributed by atoms with E-state index in [2.05, 4.69) is 60.8 Å². The number of aryl methyl sites for hydroxylation is 1. The molecule has 0 saturated carbocycles. The van der Waals surface area contributed by atoms with Crippen LogP contribution < -0.4 is 5.32 Å². The topological polar surface area (TPSA) is 40.7 Å². The summed E-state index contributed by atoms with van der Waals surface area (Å²) in [6.45, 7) is 11.3. The molecule has 0 unspecified atom stereocenters. The van der Waals surface area contributed by atoms with Crippen LogP contribution in [0, 0.1) is 6.92 Å². The second-order valence-corrected chi connectivity index (χ2v) is 6.10. The minimum atomic E-state index is 0.496. The van der Waals surface area contributed by atoms with Crippen LogP contribution >= 0.6 is 11.8 Å². The quantitative estimate of drug-likeness (QED) is 0.626. The molecule has 1 heterocycles. The molecule has 0 radical (unpaired) electrons. The minimum Gasteiger partial charge on any atom is -0.333 e. The molecule has 2 aromatic rings. The molecule has 2 N–H and O–H groups in total. The minimum absolute atomic E-state index is 0.496. The third-order valence-corrected chi connectivity index (χ3v) is 3.81. The van der Waals surface area contributed by atoms with Gasteiger partial charge < -0.3 is 10.3 Å². The van der Waals surface area contributed by atoms with Gasteiger partial charge in [0, 0.05) is 18.3 Å². The van der Waals surface area contributed by atoms with Gasteiger partial charge in [0.1, 0.15) is 0 Å². The molecule has 0 aliphatic rings. The predicted molar refractivity (Wildman–Crippen MR) is 83.8 cm³/mol. The number of benzene rings is 1. The Balaban J connectivity index is 1.92. The first-order valence-electron chi connectivity index (χ1n) is 6.54. The van der Waals surface area contributed by atoms with Crippen molar-refractivity contribution in [3.05, 3.63) is 35.9 Å². The summed E-state index contributed by atoms with van der Waals surface area (Å²) in [6.07, 6.45) is 0. The van der Waals surface area contributed by atoms with Crippen LogP contribution in [0.25, 0.3) is 11.0 Å². The predicted octanol–water partition coefficient (Wildman–Crippen LogP) is 3.52. The van der Waals surface area contributed by atoms with Gasteiger partial charge in [-0.25, -0.2) is 4.98 Å². The highest BCUT2D eigenvalue weighted by Gasteiger charge is 2.04. The molecule has 2 rings (SSSR count). The molecule has 0 atom stereocenters. The average molecular weight is 275 g/mol. The van der Waals surface area contributed by atoms with Crippen LogP contribution in [0.4, 0.5) is 0 Å². The van der Waals surface area contributed by atoms with E-state index in [1.54, 1.807) is 11.8 Å². The van der Waals surface area contributed by atoms with Crippen molar-refractivity contribution < 1.29 is 0 Å². The fourth-order valence-corrected chi connectivity index (χ4v) is 2.53. The third kappa shape index (κ3) is 4.11. The van der Waals surface area contributed by atoms with E-state index in [1.165, 1.54) is 11.1 Å². The lowest BCUT2D eigenvalue weighted by Gasteiger charge is -2.09. The van der Waals surface area contributed by atoms with Crippen LogP contribution in [0.2, 0.25) is 0 Å². The lowest BCUT2D eigenvalue weighted by Crippen LogP contribution is -2.25. The lowest BCUT2D eigenvalue weighted by atomic mass is 10.2. The monoisotopic (exact) mass is 275 g/mol. The standard InChI is InChI=1S/C15H21N3S/c1-10(2)16-8-12(4)9-19-15-17-13-6-5-11(3)7-14(13)18-15/h5-7,10,16H,4,8-9H2,1-3H3,(H,17,18). The maximum atomic E-state index is 4.57. The van der Waals surface area contributed by atoms with Gasteiger partial charge >= 0.3 is 0 Å². The number of rotatable bonds is 6. The Labute approximate surface area is 118 Å². The molecule has 1 aromatic heterocycles. The number of fused-ring (bicyclic) bond motifs is 1. The first kappa shape index (κ1) is 14.2. The van der Waals surface area contributed by atoms with Crippen molar-refractivity contribution in [3.63, 3.8) is 0 Å². The number of aromatic nitrogens is 2. The van der Waals surface area contributed by atoms with Gasteiger partial charge in [-0.15, -0.1) is 0 Å². The highest BCUT2D eigenvalue weighted by Crippen LogP contribution is 2.21. The van der Waals surface area contributed by atoms with Crippen molar-refractivity contribution >= 4 is 22.8 Å². The summed E-state index contributed by atoms with van der Waals surface area (Å²) in [6, 6.07) is 6.77. The van der Waals surface area contributed by atoms with Crippen molar-refractivity contribution in [2.45, 2.75) is 32.0 Å². The summed E-state index contributed by atoms with van der Waals surface area (Å²) in [4.78, 5) is 7.91. The van der Waals surface area contributed by atoms with Crippen molar-refractivity contribution in [1.82, 2.24) is 15.3 Å². The smallest absolute Gasteiger partial charge is 0.166 e. The maximum absolute atomic E-state index is 4.57. The van der Waals surface area contributed by atoms with Crippen LogP contribution in [-0.4, -0.2) is 28.3 Å². The molecule has 19 heavy (non-hydrogen) atoms. The fraction of sp³-hybridized carbons (Fsp3) is 0.400. The maximum Gasteiger partial charge on any atom is 0.166 e. The molecule has 4 heteroatoms. The second kappa shape index (κ2) is 6.26. The van der Waals surface area contributed by atoms with Crippen LogP contribution in [0.5, 0.6) is 0 Å². The molecule has 102 valence electrons. The summed E-state index contributed by atoms with van der Waals surface area (Å²) >= 11 is 1.71. The highest BCUT2D eigenvalue weighted by atomic mass is 32.2. The molecule has 0 aliphatic carbocycles. The van der Waals surface area contributed by atoms with Gasteiger partial charge in [-0.05, 0) is 24.6 Å². The summed E-state index contributed by atoms with van der Waals surface area (Å²) < 4.78 is 0. The van der Waals surface area contributed by atoms with Gasteiger partial charge in [0.25, 0.3) is 0 Å². The van der Waals surface area contributed by atoms with Crippen LogP contribution in [0.1, 0.15) is 19.4 Å². The number of hydrogen-bond acceptors (Lipinski definition) is 3. The zero-order valence-electron chi connectivity index (χ0n) is 11.8. The Kier molecular flexibility index (Phi) is 4.66. The molecular weight excluding hydrogens is 254 g/mol. The van der Waals surface area contributed by atoms with Crippen molar-refractivity contribution in [1.29, 1.82) is 0 Å². The number of nitrogens with zero attached hydrogens (tertiary/aromatic N) is 1. The number of H-pyrrole nitrogens is 1. The van der Waals surface area contributed by atoms with Gasteiger partial charge in [-0.2, -0.15) is 0 Å². The molecule has 0 fully saturated rings. The Bertz CT molecular complexity index is 572. The van der Waals surface area contributed by atoms with E-state index in [0.29, 0.717) is 6.04 Å². The molecule has 1 aromatic carbocycles. The van der Waals surface area contributed by atoms with E-state index in [9.17, 15) is 0 Å². The van der Waals surface area contributed by atoms with E-state index < -0.39 is 0 Å². The van der Waals surface area contributed by atoms with E-state index in [-0.39, 0.29) is 0 Å². The molecule has 0 amide bonds.